The number of primary amides is 1. The molecule has 2 aromatic carbocycles. The highest BCUT2D eigenvalue weighted by Gasteiger charge is 2.23. The van der Waals surface area contributed by atoms with E-state index in [0.717, 1.165) is 43.6 Å². The molecule has 3 aromatic rings. The molecular formula is C28H36N8O6. The molecule has 42 heavy (non-hydrogen) atoms. The summed E-state index contributed by atoms with van der Waals surface area (Å²) in [5.74, 6) is 0.652. The highest BCUT2D eigenvalue weighted by atomic mass is 16.7. The van der Waals surface area contributed by atoms with Crippen molar-refractivity contribution < 1.29 is 23.9 Å². The Morgan fingerprint density at radius 1 is 1.14 bits per heavy atom. The summed E-state index contributed by atoms with van der Waals surface area (Å²) in [7, 11) is 3.64. The average Bonchev–Trinajstić information content (AvgIpc) is 2.92. The minimum atomic E-state index is -0.865. The minimum absolute atomic E-state index is 0.00397. The maximum Gasteiger partial charge on any atom is 0.405 e. The number of amides is 1. The zero-order chi connectivity index (χ0) is 30.3. The molecule has 0 saturated carbocycles. The van der Waals surface area contributed by atoms with Crippen LogP contribution in [-0.2, 0) is 15.9 Å². The van der Waals surface area contributed by atoms with Gasteiger partial charge in [-0.2, -0.15) is 4.98 Å². The molecule has 14 heteroatoms. The van der Waals surface area contributed by atoms with Crippen LogP contribution >= 0.6 is 0 Å². The van der Waals surface area contributed by atoms with Crippen molar-refractivity contribution >= 4 is 40.6 Å². The number of ether oxygens (including phenoxy) is 3. The Kier molecular flexibility index (Phi) is 9.60. The fourth-order valence-electron chi connectivity index (χ4n) is 4.59. The Hall–Kier alpha value is -4.69. The van der Waals surface area contributed by atoms with Crippen molar-refractivity contribution in [1.29, 1.82) is 0 Å². The van der Waals surface area contributed by atoms with Crippen molar-refractivity contribution in [3.8, 4) is 5.75 Å². The first kappa shape index (κ1) is 30.3. The van der Waals surface area contributed by atoms with Crippen LogP contribution in [0.25, 0.3) is 0 Å². The van der Waals surface area contributed by atoms with Crippen molar-refractivity contribution in [3.63, 3.8) is 0 Å². The number of methoxy groups -OCH3 is 1. The first-order valence-corrected chi connectivity index (χ1v) is 13.3. The predicted molar refractivity (Wildman–Crippen MR) is 159 cm³/mol. The zero-order valence-electron chi connectivity index (χ0n) is 24.1. The molecule has 1 aromatic heterocycles. The van der Waals surface area contributed by atoms with Gasteiger partial charge in [0.15, 0.2) is 6.79 Å². The van der Waals surface area contributed by atoms with E-state index >= 15 is 0 Å². The average molecular weight is 581 g/mol. The van der Waals surface area contributed by atoms with Crippen molar-refractivity contribution in [1.82, 2.24) is 14.9 Å². The number of carbonyl (C=O) groups is 1. The Labute approximate surface area is 243 Å². The van der Waals surface area contributed by atoms with E-state index in [1.54, 1.807) is 32.0 Å². The van der Waals surface area contributed by atoms with Crippen LogP contribution in [0, 0.1) is 10.1 Å². The topological polar surface area (TPSA) is 170 Å². The maximum absolute atomic E-state index is 11.8. The van der Waals surface area contributed by atoms with Crippen LogP contribution in [0.4, 0.5) is 39.3 Å². The number of likely N-dealkylation sites (N-methyl/N-ethyl adjacent to an activating group) is 1. The summed E-state index contributed by atoms with van der Waals surface area (Å²) in [5.41, 5.74) is 6.99. The Balaban J connectivity index is 1.58. The third kappa shape index (κ3) is 8.17. The molecule has 0 aliphatic carbocycles. The first-order valence-electron chi connectivity index (χ1n) is 13.3. The molecule has 224 valence electrons. The predicted octanol–water partition coefficient (Wildman–Crippen LogP) is 4.02. The van der Waals surface area contributed by atoms with E-state index in [4.69, 9.17) is 19.9 Å². The molecule has 0 spiro atoms. The lowest BCUT2D eigenvalue weighted by molar-refractivity contribution is -0.384. The summed E-state index contributed by atoms with van der Waals surface area (Å²) in [6, 6.07) is 12.9. The fourth-order valence-corrected chi connectivity index (χ4v) is 4.59. The van der Waals surface area contributed by atoms with Crippen molar-refractivity contribution in [2.24, 2.45) is 5.73 Å². The minimum Gasteiger partial charge on any atom is -0.465 e. The molecular weight excluding hydrogens is 544 g/mol. The number of benzene rings is 2. The number of rotatable bonds is 12. The van der Waals surface area contributed by atoms with Gasteiger partial charge in [-0.3, -0.25) is 10.1 Å². The summed E-state index contributed by atoms with van der Waals surface area (Å²) < 4.78 is 16.1. The van der Waals surface area contributed by atoms with Crippen LogP contribution in [0.2, 0.25) is 0 Å². The fraction of sp³-hybridized carbons (Fsp3) is 0.393. The van der Waals surface area contributed by atoms with Gasteiger partial charge in [-0.05, 0) is 50.7 Å². The molecule has 0 unspecified atom stereocenters. The van der Waals surface area contributed by atoms with E-state index in [-0.39, 0.29) is 24.2 Å². The summed E-state index contributed by atoms with van der Waals surface area (Å²) in [5, 5.41) is 17.9. The number of piperazine rings is 1. The van der Waals surface area contributed by atoms with E-state index in [1.807, 2.05) is 24.3 Å². The second-order valence-electron chi connectivity index (χ2n) is 10.5. The maximum atomic E-state index is 11.8. The summed E-state index contributed by atoms with van der Waals surface area (Å²) >= 11 is 0. The van der Waals surface area contributed by atoms with Gasteiger partial charge in [-0.1, -0.05) is 12.1 Å². The van der Waals surface area contributed by atoms with E-state index in [2.05, 4.69) is 37.4 Å². The lowest BCUT2D eigenvalue weighted by Crippen LogP contribution is -2.44. The number of anilines is 5. The van der Waals surface area contributed by atoms with Crippen LogP contribution in [-0.4, -0.2) is 78.6 Å². The van der Waals surface area contributed by atoms with Gasteiger partial charge >= 0.3 is 11.8 Å². The van der Waals surface area contributed by atoms with Gasteiger partial charge in [-0.15, -0.1) is 0 Å². The molecule has 14 nitrogen and oxygen atoms in total. The number of hydrogen-bond donors (Lipinski definition) is 3. The summed E-state index contributed by atoms with van der Waals surface area (Å²) in [6.45, 7) is 7.23. The van der Waals surface area contributed by atoms with Gasteiger partial charge in [0.2, 0.25) is 11.8 Å². The normalized spacial score (nSPS) is 13.9. The standard InChI is InChI=1S/C28H36N8O6/c1-28(2,42-26(29)37)16-19-6-5-7-20(14-19)31-25-23(36(38)39)17-30-27(33-25)32-22-9-8-21(15-24(22)41-18-40-4)35-12-10-34(3)11-13-35/h5-9,14-15,17H,10-13,16,18H2,1-4H3,(H2,29,37)(H2,30,31,32,33). The molecule has 1 fully saturated rings. The third-order valence-electron chi connectivity index (χ3n) is 6.57. The highest BCUT2D eigenvalue weighted by Crippen LogP contribution is 2.34. The van der Waals surface area contributed by atoms with Gasteiger partial charge in [0.25, 0.3) is 0 Å². The van der Waals surface area contributed by atoms with Gasteiger partial charge in [-0.25, -0.2) is 9.78 Å². The number of nitrogens with two attached hydrogens (primary N) is 1. The summed E-state index contributed by atoms with van der Waals surface area (Å²) in [4.78, 5) is 35.6. The molecule has 0 atom stereocenters. The lowest BCUT2D eigenvalue weighted by Gasteiger charge is -2.34. The van der Waals surface area contributed by atoms with Gasteiger partial charge < -0.3 is 40.4 Å². The number of nitrogens with one attached hydrogen (secondary N) is 2. The molecule has 1 aliphatic rings. The first-order chi connectivity index (χ1) is 20.0. The second kappa shape index (κ2) is 13.3. The quantitative estimate of drug-likeness (QED) is 0.160. The van der Waals surface area contributed by atoms with Crippen LogP contribution in [0.15, 0.2) is 48.7 Å². The number of aromatic nitrogens is 2. The highest BCUT2D eigenvalue weighted by molar-refractivity contribution is 5.71. The van der Waals surface area contributed by atoms with E-state index in [0.29, 0.717) is 23.5 Å². The van der Waals surface area contributed by atoms with Crippen LogP contribution in [0.5, 0.6) is 5.75 Å². The molecule has 1 aliphatic heterocycles. The van der Waals surface area contributed by atoms with Gasteiger partial charge in [0.1, 0.15) is 17.5 Å². The number of carbonyl (C=O) groups excluding carboxylic acids is 1. The van der Waals surface area contributed by atoms with Crippen LogP contribution in [0.1, 0.15) is 19.4 Å². The lowest BCUT2D eigenvalue weighted by atomic mass is 9.98. The van der Waals surface area contributed by atoms with Crippen molar-refractivity contribution in [2.45, 2.75) is 25.9 Å². The van der Waals surface area contributed by atoms with Gasteiger partial charge in [0, 0.05) is 57.2 Å². The molecule has 0 bridgehead atoms. The SMILES string of the molecule is COCOc1cc(N2CCN(C)CC2)ccc1Nc1ncc([N+](=O)[O-])c(Nc2cccc(CC(C)(C)OC(N)=O)c2)n1. The largest absolute Gasteiger partial charge is 0.465 e. The monoisotopic (exact) mass is 580 g/mol. The molecule has 1 amide bonds. The van der Waals surface area contributed by atoms with E-state index in [1.165, 1.54) is 7.11 Å². The smallest absolute Gasteiger partial charge is 0.405 e. The molecule has 1 saturated heterocycles. The number of nitro groups is 1. The number of nitrogens with zero attached hydrogens (tertiary/aromatic N) is 5. The number of hydrogen-bond acceptors (Lipinski definition) is 12. The molecule has 2 heterocycles. The third-order valence-corrected chi connectivity index (χ3v) is 6.57. The zero-order valence-corrected chi connectivity index (χ0v) is 24.1. The molecule has 0 radical (unpaired) electrons. The Morgan fingerprint density at radius 2 is 1.90 bits per heavy atom. The van der Waals surface area contributed by atoms with E-state index < -0.39 is 16.6 Å². The second-order valence-corrected chi connectivity index (χ2v) is 10.5. The van der Waals surface area contributed by atoms with Crippen molar-refractivity contribution in [3.05, 3.63) is 64.3 Å². The van der Waals surface area contributed by atoms with E-state index in [9.17, 15) is 14.9 Å². The van der Waals surface area contributed by atoms with Crippen LogP contribution < -0.4 is 26.0 Å². The Morgan fingerprint density at radius 3 is 2.60 bits per heavy atom. The van der Waals surface area contributed by atoms with Gasteiger partial charge in [0.05, 0.1) is 10.6 Å². The van der Waals surface area contributed by atoms with Crippen LogP contribution in [0.3, 0.4) is 0 Å². The Bertz CT molecular complexity index is 1410. The molecule has 4 N–H and O–H groups in total. The summed E-state index contributed by atoms with van der Waals surface area (Å²) in [6.07, 6.45) is 0.647. The molecule has 4 rings (SSSR count). The van der Waals surface area contributed by atoms with Crippen molar-refractivity contribution in [2.75, 3.05) is 62.7 Å².